The monoisotopic (exact) mass is 414 g/mol. The molecule has 0 unspecified atom stereocenters. The Labute approximate surface area is 135 Å². The van der Waals surface area contributed by atoms with E-state index in [0.29, 0.717) is 20.5 Å². The zero-order chi connectivity index (χ0) is 15.0. The van der Waals surface area contributed by atoms with Gasteiger partial charge in [0, 0.05) is 6.07 Å². The van der Waals surface area contributed by atoms with Crippen LogP contribution < -0.4 is 4.74 Å². The van der Waals surface area contributed by atoms with E-state index in [0.717, 1.165) is 0 Å². The third-order valence-electron chi connectivity index (χ3n) is 3.06. The largest absolute Gasteiger partial charge is 0.495 e. The summed E-state index contributed by atoms with van der Waals surface area (Å²) >= 11 is 1.99. The van der Waals surface area contributed by atoms with Gasteiger partial charge >= 0.3 is 0 Å². The lowest BCUT2D eigenvalue weighted by Crippen LogP contribution is -2.14. The van der Waals surface area contributed by atoms with E-state index >= 15 is 0 Å². The SMILES string of the molecule is COc1cnc2cc(I)n(S(=O)(=O)c3ccccc3)c2c1. The Kier molecular flexibility index (Phi) is 3.62. The molecule has 0 aliphatic carbocycles. The van der Waals surface area contributed by atoms with Crippen molar-refractivity contribution in [3.63, 3.8) is 0 Å². The average Bonchev–Trinajstić information content (AvgIpc) is 2.83. The maximum Gasteiger partial charge on any atom is 0.269 e. The van der Waals surface area contributed by atoms with Crippen LogP contribution in [0.4, 0.5) is 0 Å². The summed E-state index contributed by atoms with van der Waals surface area (Å²) in [6.45, 7) is 0. The first-order valence-corrected chi connectivity index (χ1v) is 8.57. The van der Waals surface area contributed by atoms with E-state index in [1.807, 2.05) is 22.6 Å². The molecular weight excluding hydrogens is 403 g/mol. The van der Waals surface area contributed by atoms with Crippen molar-refractivity contribution in [3.05, 3.63) is 52.4 Å². The molecule has 21 heavy (non-hydrogen) atoms. The highest BCUT2D eigenvalue weighted by Gasteiger charge is 2.22. The van der Waals surface area contributed by atoms with Crippen LogP contribution in [0, 0.1) is 3.70 Å². The Morgan fingerprint density at radius 2 is 1.90 bits per heavy atom. The van der Waals surface area contributed by atoms with Gasteiger partial charge in [-0.1, -0.05) is 18.2 Å². The van der Waals surface area contributed by atoms with Gasteiger partial charge in [-0.25, -0.2) is 12.4 Å². The van der Waals surface area contributed by atoms with Gasteiger partial charge in [-0.15, -0.1) is 0 Å². The van der Waals surface area contributed by atoms with Crippen molar-refractivity contribution in [3.8, 4) is 5.75 Å². The summed E-state index contributed by atoms with van der Waals surface area (Å²) in [5.74, 6) is 0.515. The van der Waals surface area contributed by atoms with Crippen molar-refractivity contribution in [2.24, 2.45) is 0 Å². The number of halogens is 1. The van der Waals surface area contributed by atoms with Crippen LogP contribution in [0.1, 0.15) is 0 Å². The summed E-state index contributed by atoms with van der Waals surface area (Å²) in [5, 5.41) is 0. The first-order valence-electron chi connectivity index (χ1n) is 6.05. The van der Waals surface area contributed by atoms with Gasteiger partial charge in [0.15, 0.2) is 0 Å². The van der Waals surface area contributed by atoms with E-state index < -0.39 is 10.0 Å². The van der Waals surface area contributed by atoms with Gasteiger partial charge in [-0.05, 0) is 40.8 Å². The molecule has 3 aromatic rings. The second-order valence-corrected chi connectivity index (χ2v) is 7.22. The highest BCUT2D eigenvalue weighted by atomic mass is 127. The van der Waals surface area contributed by atoms with Crippen LogP contribution in [0.25, 0.3) is 11.0 Å². The highest BCUT2D eigenvalue weighted by molar-refractivity contribution is 14.1. The van der Waals surface area contributed by atoms with Crippen LogP contribution in [0.3, 0.4) is 0 Å². The van der Waals surface area contributed by atoms with Gasteiger partial charge in [0.2, 0.25) is 0 Å². The van der Waals surface area contributed by atoms with Crippen LogP contribution in [-0.2, 0) is 10.0 Å². The molecule has 0 amide bonds. The van der Waals surface area contributed by atoms with E-state index in [4.69, 9.17) is 4.74 Å². The van der Waals surface area contributed by atoms with E-state index in [9.17, 15) is 8.42 Å². The average molecular weight is 414 g/mol. The molecule has 5 nitrogen and oxygen atoms in total. The number of hydrogen-bond donors (Lipinski definition) is 0. The summed E-state index contributed by atoms with van der Waals surface area (Å²) < 4.78 is 32.6. The number of fused-ring (bicyclic) bond motifs is 1. The van der Waals surface area contributed by atoms with Crippen LogP contribution >= 0.6 is 22.6 Å². The lowest BCUT2D eigenvalue weighted by atomic mass is 10.4. The molecule has 7 heteroatoms. The van der Waals surface area contributed by atoms with E-state index in [1.165, 1.54) is 11.1 Å². The maximum atomic E-state index is 12.8. The Morgan fingerprint density at radius 1 is 1.19 bits per heavy atom. The molecule has 2 heterocycles. The smallest absolute Gasteiger partial charge is 0.269 e. The summed E-state index contributed by atoms with van der Waals surface area (Å²) in [4.78, 5) is 4.46. The molecule has 108 valence electrons. The molecule has 0 saturated carbocycles. The quantitative estimate of drug-likeness (QED) is 0.619. The number of hydrogen-bond acceptors (Lipinski definition) is 4. The molecule has 3 rings (SSSR count). The molecular formula is C14H11IN2O3S. The molecule has 0 bridgehead atoms. The topological polar surface area (TPSA) is 61.2 Å². The van der Waals surface area contributed by atoms with Crippen molar-refractivity contribution < 1.29 is 13.2 Å². The zero-order valence-corrected chi connectivity index (χ0v) is 14.0. The predicted octanol–water partition coefficient (Wildman–Crippen LogP) is 2.89. The first-order chi connectivity index (χ1) is 10.0. The van der Waals surface area contributed by atoms with Crippen LogP contribution in [-0.4, -0.2) is 24.5 Å². The second-order valence-electron chi connectivity index (χ2n) is 4.33. The molecule has 2 aromatic heterocycles. The minimum atomic E-state index is -3.66. The van der Waals surface area contributed by atoms with Gasteiger partial charge in [-0.2, -0.15) is 0 Å². The normalized spacial score (nSPS) is 11.7. The molecule has 0 radical (unpaired) electrons. The number of ether oxygens (including phenoxy) is 1. The fourth-order valence-electron chi connectivity index (χ4n) is 2.06. The second kappa shape index (κ2) is 5.30. The van der Waals surface area contributed by atoms with E-state index in [2.05, 4.69) is 4.98 Å². The third-order valence-corrected chi connectivity index (χ3v) is 5.92. The maximum absolute atomic E-state index is 12.8. The fraction of sp³-hybridized carbons (Fsp3) is 0.0714. The van der Waals surface area contributed by atoms with Gasteiger partial charge in [-0.3, -0.25) is 4.98 Å². The Morgan fingerprint density at radius 3 is 2.57 bits per heavy atom. The minimum Gasteiger partial charge on any atom is -0.495 e. The van der Waals surface area contributed by atoms with Crippen molar-refractivity contribution in [1.82, 2.24) is 8.96 Å². The highest BCUT2D eigenvalue weighted by Crippen LogP contribution is 2.27. The zero-order valence-electron chi connectivity index (χ0n) is 11.0. The van der Waals surface area contributed by atoms with Crippen molar-refractivity contribution in [2.75, 3.05) is 7.11 Å². The summed E-state index contributed by atoms with van der Waals surface area (Å²) in [7, 11) is -2.14. The fourth-order valence-corrected chi connectivity index (χ4v) is 4.79. The Balaban J connectivity index is 2.32. The standard InChI is InChI=1S/C14H11IN2O3S/c1-20-10-7-13-12(16-9-10)8-14(15)17(13)21(18,19)11-5-3-2-4-6-11/h2-9H,1H3. The molecule has 0 fully saturated rings. The molecule has 0 aliphatic rings. The van der Waals surface area contributed by atoms with Gasteiger partial charge in [0.25, 0.3) is 10.0 Å². The minimum absolute atomic E-state index is 0.239. The van der Waals surface area contributed by atoms with Crippen LogP contribution in [0.2, 0.25) is 0 Å². The van der Waals surface area contributed by atoms with Crippen molar-refractivity contribution in [1.29, 1.82) is 0 Å². The lowest BCUT2D eigenvalue weighted by Gasteiger charge is -2.09. The van der Waals surface area contributed by atoms with Crippen molar-refractivity contribution in [2.45, 2.75) is 4.90 Å². The van der Waals surface area contributed by atoms with Gasteiger partial charge in [0.05, 0.1) is 32.9 Å². The first kappa shape index (κ1) is 14.3. The Bertz CT molecular complexity index is 905. The van der Waals surface area contributed by atoms with E-state index in [1.54, 1.807) is 48.7 Å². The van der Waals surface area contributed by atoms with Crippen LogP contribution in [0.5, 0.6) is 5.75 Å². The number of nitrogens with zero attached hydrogens (tertiary/aromatic N) is 2. The molecule has 0 atom stereocenters. The van der Waals surface area contributed by atoms with Gasteiger partial charge in [0.1, 0.15) is 5.75 Å². The molecule has 0 aliphatic heterocycles. The lowest BCUT2D eigenvalue weighted by molar-refractivity contribution is 0.413. The third kappa shape index (κ3) is 2.40. The summed E-state index contributed by atoms with van der Waals surface area (Å²) in [5.41, 5.74) is 1.11. The van der Waals surface area contributed by atoms with Crippen molar-refractivity contribution >= 4 is 43.6 Å². The number of aromatic nitrogens is 2. The van der Waals surface area contributed by atoms with Gasteiger partial charge < -0.3 is 4.74 Å². The molecule has 1 aromatic carbocycles. The number of methoxy groups -OCH3 is 1. The molecule has 0 N–H and O–H groups in total. The van der Waals surface area contributed by atoms with E-state index in [-0.39, 0.29) is 4.90 Å². The summed E-state index contributed by atoms with van der Waals surface area (Å²) in [6, 6.07) is 11.7. The predicted molar refractivity (Wildman–Crippen MR) is 88.0 cm³/mol. The number of rotatable bonds is 3. The molecule has 0 spiro atoms. The number of benzene rings is 1. The summed E-state index contributed by atoms with van der Waals surface area (Å²) in [6.07, 6.45) is 1.57. The number of pyridine rings is 1. The Hall–Kier alpha value is -1.61. The van der Waals surface area contributed by atoms with Crippen LogP contribution in [0.15, 0.2) is 53.6 Å². The molecule has 0 saturated heterocycles.